The number of hydrogen-bond acceptors (Lipinski definition) is 4. The van der Waals surface area contributed by atoms with Crippen molar-refractivity contribution in [2.24, 2.45) is 0 Å². The predicted molar refractivity (Wildman–Crippen MR) is 67.6 cm³/mol. The van der Waals surface area contributed by atoms with Crippen LogP contribution in [-0.4, -0.2) is 72.2 Å². The molecule has 5 nitrogen and oxygen atoms in total. The maximum atomic E-state index is 12.1. The molecule has 0 spiro atoms. The van der Waals surface area contributed by atoms with Gasteiger partial charge in [0.25, 0.3) is 0 Å². The Morgan fingerprint density at radius 1 is 0.500 bits per heavy atom. The van der Waals surface area contributed by atoms with Gasteiger partial charge in [-0.2, -0.15) is 52.7 Å². The number of rotatable bonds is 8. The lowest BCUT2D eigenvalue weighted by Gasteiger charge is -2.41. The van der Waals surface area contributed by atoms with E-state index in [4.69, 9.17) is 0 Å². The summed E-state index contributed by atoms with van der Waals surface area (Å²) >= 11 is 0. The van der Waals surface area contributed by atoms with Crippen molar-refractivity contribution in [1.29, 1.82) is 0 Å². The summed E-state index contributed by atoms with van der Waals surface area (Å²) in [6, 6.07) is 0. The number of alkyl halides is 12. The minimum Gasteiger partial charge on any atom is -0.512 e. The zero-order valence-corrected chi connectivity index (χ0v) is 14.2. The quantitative estimate of drug-likeness (QED) is 0.454. The normalized spacial score (nSPS) is 13.9. The second kappa shape index (κ2) is 11.3. The zero-order valence-electron chi connectivity index (χ0n) is 14.2. The molecule has 28 heavy (non-hydrogen) atoms. The monoisotopic (exact) mass is 453 g/mol. The number of halogens is 12. The fourth-order valence-electron chi connectivity index (χ4n) is 1.07. The molecule has 0 radical (unpaired) electrons. The Kier molecular flexibility index (Phi) is 11.8. The van der Waals surface area contributed by atoms with E-state index in [-0.39, 0.29) is 0 Å². The lowest BCUT2D eigenvalue weighted by molar-refractivity contribution is -0.597. The van der Waals surface area contributed by atoms with Crippen molar-refractivity contribution in [2.75, 3.05) is 40.5 Å². The largest absolute Gasteiger partial charge is 0.532 e. The van der Waals surface area contributed by atoms with Crippen LogP contribution in [0.4, 0.5) is 52.7 Å². The maximum Gasteiger partial charge on any atom is 0.532 e. The van der Waals surface area contributed by atoms with E-state index in [0.29, 0.717) is 0 Å². The van der Waals surface area contributed by atoms with E-state index >= 15 is 0 Å². The van der Waals surface area contributed by atoms with Crippen LogP contribution < -0.4 is 5.32 Å². The van der Waals surface area contributed by atoms with Crippen LogP contribution in [0.3, 0.4) is 0 Å². The standard InChI is InChI=1S/C8H8BF12O4.C2H7N/c10-5(11,12)1-22-9(23-2-6(13,14)15,24-3-7(16,17)18)25-4-8(19,20)21;1-3-2/h1-4H2;3H,1-2H3/q-1;/p+1. The van der Waals surface area contributed by atoms with Crippen LogP contribution in [-0.2, 0) is 18.6 Å². The molecule has 0 saturated carbocycles. The molecule has 18 heteroatoms. The molecule has 0 unspecified atom stereocenters. The van der Waals surface area contributed by atoms with Gasteiger partial charge < -0.3 is 23.9 Å². The first-order valence-corrected chi connectivity index (χ1v) is 6.93. The zero-order chi connectivity index (χ0) is 22.9. The van der Waals surface area contributed by atoms with Gasteiger partial charge in [-0.25, -0.2) is 0 Å². The van der Waals surface area contributed by atoms with Crippen molar-refractivity contribution in [3.8, 4) is 0 Å². The fraction of sp³-hybridized carbons (Fsp3) is 1.00. The van der Waals surface area contributed by atoms with Crippen LogP contribution in [0.2, 0.25) is 0 Å². The molecule has 0 saturated heterocycles. The van der Waals surface area contributed by atoms with Crippen LogP contribution in [0, 0.1) is 0 Å². The Balaban J connectivity index is 0. The molecule has 0 amide bonds. The highest BCUT2D eigenvalue weighted by Crippen LogP contribution is 2.27. The number of hydrogen-bond donors (Lipinski definition) is 1. The number of quaternary nitrogens is 1. The topological polar surface area (TPSA) is 53.5 Å². The Labute approximate surface area is 150 Å². The van der Waals surface area contributed by atoms with Gasteiger partial charge in [-0.15, -0.1) is 0 Å². The summed E-state index contributed by atoms with van der Waals surface area (Å²) in [6.07, 6.45) is -21.4. The van der Waals surface area contributed by atoms with Crippen molar-refractivity contribution in [3.05, 3.63) is 0 Å². The second-order valence-corrected chi connectivity index (χ2v) is 4.86. The molecule has 0 aliphatic heterocycles. The Morgan fingerprint density at radius 2 is 0.643 bits per heavy atom. The smallest absolute Gasteiger partial charge is 0.512 e. The lowest BCUT2D eigenvalue weighted by atomic mass is 10.0. The molecule has 0 aromatic rings. The van der Waals surface area contributed by atoms with Crippen molar-refractivity contribution in [2.45, 2.75) is 24.7 Å². The summed E-state index contributed by atoms with van der Waals surface area (Å²) in [5.41, 5.74) is 0. The van der Waals surface area contributed by atoms with Crippen LogP contribution >= 0.6 is 0 Å². The van der Waals surface area contributed by atoms with Gasteiger partial charge in [-0.1, -0.05) is 0 Å². The van der Waals surface area contributed by atoms with Crippen LogP contribution in [0.1, 0.15) is 0 Å². The van der Waals surface area contributed by atoms with Crippen molar-refractivity contribution in [3.63, 3.8) is 0 Å². The summed E-state index contributed by atoms with van der Waals surface area (Å²) in [6.45, 7) is -15.5. The Hall–Kier alpha value is -0.975. The van der Waals surface area contributed by atoms with Gasteiger partial charge in [0.05, 0.1) is 14.1 Å². The third-order valence-corrected chi connectivity index (χ3v) is 1.80. The highest BCUT2D eigenvalue weighted by atomic mass is 19.4. The van der Waals surface area contributed by atoms with E-state index < -0.39 is 58.1 Å². The predicted octanol–water partition coefficient (Wildman–Crippen LogP) is 2.55. The second-order valence-electron chi connectivity index (χ2n) is 4.86. The summed E-state index contributed by atoms with van der Waals surface area (Å²) in [5, 5.41) is 2.00. The summed E-state index contributed by atoms with van der Waals surface area (Å²) in [4.78, 5) is 0. The molecule has 0 heterocycles. The van der Waals surface area contributed by atoms with E-state index in [2.05, 4.69) is 18.6 Å². The van der Waals surface area contributed by atoms with Crippen LogP contribution in [0.15, 0.2) is 0 Å². The average Bonchev–Trinajstić information content (AvgIpc) is 2.43. The van der Waals surface area contributed by atoms with Gasteiger partial charge in [-0.3, -0.25) is 0 Å². The first kappa shape index (κ1) is 29.2. The van der Waals surface area contributed by atoms with E-state index in [1.54, 1.807) is 0 Å². The Bertz CT molecular complexity index is 345. The van der Waals surface area contributed by atoms with Crippen molar-refractivity contribution >= 4 is 6.96 Å². The highest BCUT2D eigenvalue weighted by molar-refractivity contribution is 6.53. The van der Waals surface area contributed by atoms with Crippen molar-refractivity contribution in [1.82, 2.24) is 0 Å². The first-order chi connectivity index (χ1) is 12.2. The minimum atomic E-state index is -5.35. The van der Waals surface area contributed by atoms with Crippen LogP contribution in [0.5, 0.6) is 0 Å². The highest BCUT2D eigenvalue weighted by Gasteiger charge is 2.45. The molecule has 0 aromatic carbocycles. The van der Waals surface area contributed by atoms with Gasteiger partial charge in [0, 0.05) is 0 Å². The molecule has 172 valence electrons. The van der Waals surface area contributed by atoms with Crippen LogP contribution in [0.25, 0.3) is 0 Å². The molecule has 0 rings (SSSR count). The molecular formula is C10H16BF12NO4. The van der Waals surface area contributed by atoms with Gasteiger partial charge in [-0.05, 0) is 0 Å². The summed E-state index contributed by atoms with van der Waals surface area (Å²) in [5.74, 6) is 0. The van der Waals surface area contributed by atoms with Gasteiger partial charge in [0.2, 0.25) is 0 Å². The molecule has 0 atom stereocenters. The third-order valence-electron chi connectivity index (χ3n) is 1.80. The number of nitrogens with two attached hydrogens (primary N) is 1. The first-order valence-electron chi connectivity index (χ1n) is 6.93. The van der Waals surface area contributed by atoms with E-state index in [9.17, 15) is 52.7 Å². The SMILES string of the molecule is C[NH2+]C.FC(F)(F)CO[B-](OCC(F)(F)F)(OCC(F)(F)F)OCC(F)(F)F. The molecule has 0 fully saturated rings. The van der Waals surface area contributed by atoms with Crippen molar-refractivity contribution < 1.29 is 76.6 Å². The molecule has 0 aliphatic rings. The molecule has 0 aliphatic carbocycles. The Morgan fingerprint density at radius 3 is 0.750 bits per heavy atom. The minimum absolute atomic E-state index is 2.00. The van der Waals surface area contributed by atoms with Gasteiger partial charge in [0.1, 0.15) is 26.4 Å². The molecular weight excluding hydrogens is 437 g/mol. The van der Waals surface area contributed by atoms with E-state index in [0.717, 1.165) is 0 Å². The average molecular weight is 453 g/mol. The summed E-state index contributed by atoms with van der Waals surface area (Å²) in [7, 11) is 4.00. The third kappa shape index (κ3) is 19.8. The molecule has 0 bridgehead atoms. The van der Waals surface area contributed by atoms with E-state index in [1.807, 2.05) is 19.4 Å². The maximum absolute atomic E-state index is 12.1. The molecule has 2 N–H and O–H groups in total. The lowest BCUT2D eigenvalue weighted by Crippen LogP contribution is -2.74. The van der Waals surface area contributed by atoms with Gasteiger partial charge >= 0.3 is 31.7 Å². The summed E-state index contributed by atoms with van der Waals surface area (Å²) < 4.78 is 159. The van der Waals surface area contributed by atoms with E-state index in [1.165, 1.54) is 0 Å². The fourth-order valence-corrected chi connectivity index (χ4v) is 1.07. The van der Waals surface area contributed by atoms with Gasteiger partial charge in [0.15, 0.2) is 0 Å². The molecule has 0 aromatic heterocycles.